The van der Waals surface area contributed by atoms with E-state index in [2.05, 4.69) is 41.5 Å². The fraction of sp³-hybridized carbons (Fsp3) is 0.977. The van der Waals surface area contributed by atoms with E-state index >= 15 is 0 Å². The maximum absolute atomic E-state index is 12.9. The third-order valence-electron chi connectivity index (χ3n) is 10.7. The Morgan fingerprint density at radius 3 is 1.31 bits per heavy atom. The lowest BCUT2D eigenvalue weighted by Gasteiger charge is -2.29. The van der Waals surface area contributed by atoms with E-state index in [1.54, 1.807) is 7.11 Å². The third-order valence-corrected chi connectivity index (χ3v) is 10.7. The Bertz CT molecular complexity index is 681. The van der Waals surface area contributed by atoms with E-state index in [4.69, 9.17) is 14.2 Å². The van der Waals surface area contributed by atoms with Gasteiger partial charge in [-0.2, -0.15) is 0 Å². The van der Waals surface area contributed by atoms with E-state index in [0.29, 0.717) is 19.1 Å². The monoisotopic (exact) mass is 696 g/mol. The number of rotatable bonds is 37. The largest absolute Gasteiger partial charge is 0.449 e. The zero-order valence-corrected chi connectivity index (χ0v) is 34.8. The Morgan fingerprint density at radius 2 is 0.918 bits per heavy atom. The van der Waals surface area contributed by atoms with Crippen LogP contribution in [0, 0.1) is 5.92 Å². The van der Waals surface area contributed by atoms with Gasteiger partial charge in [-0.1, -0.05) is 168 Å². The quantitative estimate of drug-likeness (QED) is 0.0607. The number of amides is 1. The summed E-state index contributed by atoms with van der Waals surface area (Å²) in [6, 6.07) is 0. The van der Waals surface area contributed by atoms with Gasteiger partial charge in [-0.05, 0) is 65.7 Å². The van der Waals surface area contributed by atoms with Gasteiger partial charge in [-0.15, -0.1) is 0 Å². The molecule has 0 saturated heterocycles. The van der Waals surface area contributed by atoms with Gasteiger partial charge in [0.15, 0.2) is 0 Å². The fourth-order valence-electron chi connectivity index (χ4n) is 6.85. The highest BCUT2D eigenvalue weighted by Crippen LogP contribution is 2.23. The Balaban J connectivity index is 4.43. The van der Waals surface area contributed by atoms with Crippen LogP contribution >= 0.6 is 0 Å². The second-order valence-corrected chi connectivity index (χ2v) is 16.6. The summed E-state index contributed by atoms with van der Waals surface area (Å²) >= 11 is 0. The van der Waals surface area contributed by atoms with Crippen molar-refractivity contribution >= 4 is 6.09 Å². The van der Waals surface area contributed by atoms with Crippen LogP contribution in [0.4, 0.5) is 4.79 Å². The summed E-state index contributed by atoms with van der Waals surface area (Å²) in [7, 11) is 3.68. The number of hydrogen-bond acceptors (Lipinski definition) is 4. The van der Waals surface area contributed by atoms with Crippen LogP contribution in [0.2, 0.25) is 0 Å². The first-order valence-corrected chi connectivity index (χ1v) is 21.6. The molecule has 1 amide bonds. The Morgan fingerprint density at radius 1 is 0.531 bits per heavy atom. The van der Waals surface area contributed by atoms with Gasteiger partial charge in [-0.25, -0.2) is 4.79 Å². The molecule has 5 nitrogen and oxygen atoms in total. The van der Waals surface area contributed by atoms with Crippen LogP contribution in [0.1, 0.15) is 228 Å². The number of methoxy groups -OCH3 is 1. The summed E-state index contributed by atoms with van der Waals surface area (Å²) < 4.78 is 17.4. The summed E-state index contributed by atoms with van der Waals surface area (Å²) in [5.74, 6) is 0.576. The first-order valence-electron chi connectivity index (χ1n) is 21.6. The van der Waals surface area contributed by atoms with Gasteiger partial charge >= 0.3 is 6.09 Å². The highest BCUT2D eigenvalue weighted by Gasteiger charge is 2.22. The maximum Gasteiger partial charge on any atom is 0.409 e. The molecule has 49 heavy (non-hydrogen) atoms. The zero-order valence-electron chi connectivity index (χ0n) is 34.8. The highest BCUT2D eigenvalue weighted by molar-refractivity contribution is 5.67. The average molecular weight is 696 g/mol. The molecule has 0 atom stereocenters. The molecule has 0 bridgehead atoms. The Kier molecular flexibility index (Phi) is 32.5. The van der Waals surface area contributed by atoms with Crippen LogP contribution in [0.15, 0.2) is 0 Å². The number of ether oxygens (including phenoxy) is 3. The van der Waals surface area contributed by atoms with Crippen molar-refractivity contribution in [1.82, 2.24) is 4.90 Å². The van der Waals surface area contributed by atoms with Crippen molar-refractivity contribution in [3.8, 4) is 0 Å². The third kappa shape index (κ3) is 32.8. The normalized spacial score (nSPS) is 12.3. The van der Waals surface area contributed by atoms with Crippen molar-refractivity contribution in [3.05, 3.63) is 0 Å². The predicted octanol–water partition coefficient (Wildman–Crippen LogP) is 14.2. The van der Waals surface area contributed by atoms with Crippen molar-refractivity contribution in [1.29, 1.82) is 0 Å². The maximum atomic E-state index is 12.9. The van der Waals surface area contributed by atoms with E-state index in [0.717, 1.165) is 25.8 Å². The van der Waals surface area contributed by atoms with E-state index in [1.165, 1.54) is 167 Å². The second kappa shape index (κ2) is 33.1. The molecule has 0 fully saturated rings. The Hall–Kier alpha value is -0.810. The molecule has 0 aromatic rings. The molecule has 0 heterocycles. The van der Waals surface area contributed by atoms with Crippen LogP contribution in [-0.4, -0.2) is 56.1 Å². The smallest absolute Gasteiger partial charge is 0.409 e. The van der Waals surface area contributed by atoms with Gasteiger partial charge in [0, 0.05) is 20.7 Å². The number of carbonyl (C=O) groups excluding carboxylic acids is 1. The number of hydrogen-bond donors (Lipinski definition) is 0. The molecule has 0 aliphatic rings. The number of nitrogens with zero attached hydrogens (tertiary/aromatic N) is 1. The molecule has 0 rings (SSSR count). The van der Waals surface area contributed by atoms with Gasteiger partial charge in [0.2, 0.25) is 0 Å². The fourth-order valence-corrected chi connectivity index (χ4v) is 6.85. The first kappa shape index (κ1) is 48.2. The lowest BCUT2D eigenvalue weighted by atomic mass is 9.93. The van der Waals surface area contributed by atoms with Crippen LogP contribution in [0.25, 0.3) is 0 Å². The molecule has 0 aromatic heterocycles. The summed E-state index contributed by atoms with van der Waals surface area (Å²) in [5.41, 5.74) is -0.413. The van der Waals surface area contributed by atoms with Crippen molar-refractivity contribution in [3.63, 3.8) is 0 Å². The standard InChI is InChI=1S/C44H89NO4/c1-9-11-13-15-17-19-21-23-25-27-29-31-34-41(35-32-30-28-26-24-22-20-18-16-14-12-10-2)40-45(7)42(46)48-38-33-36-44(5,6)49-39-37-43(3,4)47-8/h41H,9-40H2,1-8H3. The van der Waals surface area contributed by atoms with E-state index < -0.39 is 0 Å². The number of carbonyl (C=O) groups is 1. The number of unbranched alkanes of at least 4 members (excludes halogenated alkanes) is 22. The molecular weight excluding hydrogens is 606 g/mol. The molecule has 0 radical (unpaired) electrons. The van der Waals surface area contributed by atoms with Crippen LogP contribution in [0.5, 0.6) is 0 Å². The summed E-state index contributed by atoms with van der Waals surface area (Å²) in [4.78, 5) is 14.8. The van der Waals surface area contributed by atoms with E-state index in [-0.39, 0.29) is 17.3 Å². The topological polar surface area (TPSA) is 48.0 Å². The molecule has 0 unspecified atom stereocenters. The second-order valence-electron chi connectivity index (χ2n) is 16.6. The van der Waals surface area contributed by atoms with Crippen molar-refractivity contribution < 1.29 is 19.0 Å². The molecule has 0 aliphatic carbocycles. The minimum atomic E-state index is -0.240. The lowest BCUT2D eigenvalue weighted by molar-refractivity contribution is -0.0632. The van der Waals surface area contributed by atoms with E-state index in [9.17, 15) is 4.79 Å². The SMILES string of the molecule is CCCCCCCCCCCCCCC(CCCCCCCCCCCCCC)CN(C)C(=O)OCCCC(C)(C)OCCC(C)(C)OC. The van der Waals surface area contributed by atoms with Crippen molar-refractivity contribution in [2.75, 3.05) is 33.9 Å². The van der Waals surface area contributed by atoms with Gasteiger partial charge in [0.05, 0.1) is 24.4 Å². The van der Waals surface area contributed by atoms with Crippen molar-refractivity contribution in [2.45, 2.75) is 239 Å². The van der Waals surface area contributed by atoms with Crippen LogP contribution in [-0.2, 0) is 14.2 Å². The van der Waals surface area contributed by atoms with E-state index in [1.807, 2.05) is 11.9 Å². The Labute approximate surface area is 308 Å². The molecular formula is C44H89NO4. The minimum absolute atomic E-state index is 0.171. The molecule has 294 valence electrons. The average Bonchev–Trinajstić information content (AvgIpc) is 3.07. The highest BCUT2D eigenvalue weighted by atomic mass is 16.6. The first-order chi connectivity index (χ1) is 23.6. The molecule has 5 heteroatoms. The lowest BCUT2D eigenvalue weighted by Crippen LogP contribution is -2.33. The predicted molar refractivity (Wildman–Crippen MR) is 214 cm³/mol. The minimum Gasteiger partial charge on any atom is -0.449 e. The molecule has 0 N–H and O–H groups in total. The molecule has 0 spiro atoms. The van der Waals surface area contributed by atoms with Crippen LogP contribution < -0.4 is 0 Å². The molecule has 0 aliphatic heterocycles. The van der Waals surface area contributed by atoms with Gasteiger partial charge in [0.1, 0.15) is 0 Å². The molecule has 0 aromatic carbocycles. The van der Waals surface area contributed by atoms with Gasteiger partial charge < -0.3 is 19.1 Å². The van der Waals surface area contributed by atoms with Gasteiger partial charge in [-0.3, -0.25) is 0 Å². The zero-order chi connectivity index (χ0) is 36.5. The van der Waals surface area contributed by atoms with Gasteiger partial charge in [0.25, 0.3) is 0 Å². The van der Waals surface area contributed by atoms with Crippen LogP contribution in [0.3, 0.4) is 0 Å². The summed E-state index contributed by atoms with van der Waals surface area (Å²) in [6.45, 7) is 14.9. The molecule has 0 saturated carbocycles. The summed E-state index contributed by atoms with van der Waals surface area (Å²) in [6.07, 6.45) is 38.1. The van der Waals surface area contributed by atoms with Crippen molar-refractivity contribution in [2.24, 2.45) is 5.92 Å². The summed E-state index contributed by atoms with van der Waals surface area (Å²) in [5, 5.41) is 0.